The van der Waals surface area contributed by atoms with E-state index in [1.165, 1.54) is 295 Å². The first-order chi connectivity index (χ1) is 36.0. The number of carbonyl (C=O) groups is 2. The molecule has 0 saturated heterocycles. The van der Waals surface area contributed by atoms with Gasteiger partial charge in [0.2, 0.25) is 5.91 Å². The normalized spacial score (nSPS) is 12.7. The first kappa shape index (κ1) is 71.3. The van der Waals surface area contributed by atoms with Gasteiger partial charge in [-0.3, -0.25) is 9.59 Å². The van der Waals surface area contributed by atoms with Crippen LogP contribution in [-0.2, 0) is 14.3 Å². The second-order valence-corrected chi connectivity index (χ2v) is 22.8. The summed E-state index contributed by atoms with van der Waals surface area (Å²) in [7, 11) is 0. The topological polar surface area (TPSA) is 95.9 Å². The molecule has 6 nitrogen and oxygen atoms in total. The van der Waals surface area contributed by atoms with E-state index in [-0.39, 0.29) is 18.5 Å². The molecule has 73 heavy (non-hydrogen) atoms. The Balaban J connectivity index is 3.45. The van der Waals surface area contributed by atoms with Gasteiger partial charge in [-0.2, -0.15) is 0 Å². The second-order valence-electron chi connectivity index (χ2n) is 22.8. The number of amides is 1. The number of nitrogens with one attached hydrogen (secondary N) is 1. The molecule has 0 aromatic heterocycles. The van der Waals surface area contributed by atoms with Crippen LogP contribution in [0.25, 0.3) is 0 Å². The lowest BCUT2D eigenvalue weighted by molar-refractivity contribution is -0.143. The zero-order chi connectivity index (χ0) is 52.9. The van der Waals surface area contributed by atoms with Crippen LogP contribution in [0.2, 0.25) is 0 Å². The van der Waals surface area contributed by atoms with Crippen molar-refractivity contribution in [3.05, 3.63) is 24.3 Å². The summed E-state index contributed by atoms with van der Waals surface area (Å²) < 4.78 is 5.49. The van der Waals surface area contributed by atoms with Gasteiger partial charge in [-0.25, -0.2) is 0 Å². The number of unbranched alkanes of at least 4 members (excludes halogenated alkanes) is 49. The number of aliphatic hydroxyl groups excluding tert-OH is 2. The lowest BCUT2D eigenvalue weighted by Gasteiger charge is -2.20. The lowest BCUT2D eigenvalue weighted by atomic mass is 10.0. The van der Waals surface area contributed by atoms with Crippen molar-refractivity contribution in [2.45, 2.75) is 379 Å². The van der Waals surface area contributed by atoms with E-state index in [1.807, 2.05) is 6.08 Å². The minimum Gasteiger partial charge on any atom is -0.466 e. The average Bonchev–Trinajstić information content (AvgIpc) is 3.39. The molecule has 1 amide bonds. The molecule has 2 atom stereocenters. The quantitative estimate of drug-likeness (QED) is 0.0320. The van der Waals surface area contributed by atoms with Crippen molar-refractivity contribution in [2.24, 2.45) is 0 Å². The molecule has 0 aliphatic heterocycles. The summed E-state index contributed by atoms with van der Waals surface area (Å²) in [6, 6.07) is -0.636. The third-order valence-corrected chi connectivity index (χ3v) is 15.5. The molecule has 0 bridgehead atoms. The Morgan fingerprint density at radius 1 is 0.370 bits per heavy atom. The Kier molecular flexibility index (Phi) is 61.4. The van der Waals surface area contributed by atoms with E-state index in [2.05, 4.69) is 31.3 Å². The van der Waals surface area contributed by atoms with Gasteiger partial charge in [-0.1, -0.05) is 321 Å². The van der Waals surface area contributed by atoms with Gasteiger partial charge in [-0.15, -0.1) is 0 Å². The number of ether oxygens (including phenoxy) is 1. The molecule has 0 spiro atoms. The fraction of sp³-hybridized carbons (Fsp3) is 0.910. The Morgan fingerprint density at radius 2 is 0.644 bits per heavy atom. The number of esters is 1. The molecule has 0 rings (SSSR count). The summed E-state index contributed by atoms with van der Waals surface area (Å²) in [6.45, 7) is 4.93. The predicted octanol–water partition coefficient (Wildman–Crippen LogP) is 21.0. The van der Waals surface area contributed by atoms with Crippen molar-refractivity contribution in [1.82, 2.24) is 5.32 Å². The maximum absolute atomic E-state index is 12.5. The number of rotatable bonds is 62. The van der Waals surface area contributed by atoms with E-state index in [9.17, 15) is 19.8 Å². The maximum atomic E-state index is 12.5. The highest BCUT2D eigenvalue weighted by Gasteiger charge is 2.18. The molecule has 6 heteroatoms. The summed E-state index contributed by atoms with van der Waals surface area (Å²) in [5, 5.41) is 23.2. The highest BCUT2D eigenvalue weighted by Crippen LogP contribution is 2.18. The number of aliphatic hydroxyl groups is 2. The van der Waals surface area contributed by atoms with E-state index in [1.54, 1.807) is 6.08 Å². The number of hydrogen-bond donors (Lipinski definition) is 3. The summed E-state index contributed by atoms with van der Waals surface area (Å²) in [4.78, 5) is 24.6. The van der Waals surface area contributed by atoms with E-state index in [0.717, 1.165) is 44.9 Å². The van der Waals surface area contributed by atoms with Gasteiger partial charge in [-0.05, 0) is 57.8 Å². The summed E-state index contributed by atoms with van der Waals surface area (Å²) in [5.74, 6) is -0.0667. The first-order valence-corrected chi connectivity index (χ1v) is 33.1. The summed E-state index contributed by atoms with van der Waals surface area (Å²) in [6.07, 6.45) is 78.0. The number of allylic oxidation sites excluding steroid dienone is 3. The maximum Gasteiger partial charge on any atom is 0.305 e. The van der Waals surface area contributed by atoms with E-state index in [4.69, 9.17) is 4.74 Å². The molecule has 0 heterocycles. The molecule has 0 aromatic carbocycles. The van der Waals surface area contributed by atoms with Crippen molar-refractivity contribution in [3.63, 3.8) is 0 Å². The van der Waals surface area contributed by atoms with Crippen LogP contribution in [0.15, 0.2) is 24.3 Å². The van der Waals surface area contributed by atoms with Gasteiger partial charge in [0.05, 0.1) is 25.4 Å². The molecular formula is C67H129NO5. The second kappa shape index (κ2) is 62.9. The molecule has 0 aliphatic carbocycles. The van der Waals surface area contributed by atoms with Crippen LogP contribution in [-0.4, -0.2) is 47.4 Å². The zero-order valence-electron chi connectivity index (χ0n) is 49.4. The van der Waals surface area contributed by atoms with Gasteiger partial charge in [0.15, 0.2) is 0 Å². The number of hydrogen-bond acceptors (Lipinski definition) is 5. The Labute approximate surface area is 456 Å². The third-order valence-electron chi connectivity index (χ3n) is 15.5. The smallest absolute Gasteiger partial charge is 0.305 e. The molecule has 0 aliphatic rings. The van der Waals surface area contributed by atoms with Crippen LogP contribution in [0.4, 0.5) is 0 Å². The minimum atomic E-state index is -0.851. The van der Waals surface area contributed by atoms with Gasteiger partial charge in [0.25, 0.3) is 0 Å². The van der Waals surface area contributed by atoms with Crippen LogP contribution < -0.4 is 5.32 Å². The van der Waals surface area contributed by atoms with Crippen molar-refractivity contribution >= 4 is 11.9 Å². The van der Waals surface area contributed by atoms with Crippen LogP contribution >= 0.6 is 0 Å². The van der Waals surface area contributed by atoms with E-state index in [0.29, 0.717) is 19.4 Å². The van der Waals surface area contributed by atoms with Crippen LogP contribution in [0, 0.1) is 0 Å². The summed E-state index contributed by atoms with van der Waals surface area (Å²) >= 11 is 0. The monoisotopic (exact) mass is 1030 g/mol. The third kappa shape index (κ3) is 59.4. The highest BCUT2D eigenvalue weighted by atomic mass is 16.5. The van der Waals surface area contributed by atoms with Gasteiger partial charge in [0, 0.05) is 12.8 Å². The zero-order valence-corrected chi connectivity index (χ0v) is 49.4. The number of carbonyl (C=O) groups excluding carboxylic acids is 2. The van der Waals surface area contributed by atoms with Gasteiger partial charge >= 0.3 is 5.97 Å². The Bertz CT molecular complexity index is 1140. The Morgan fingerprint density at radius 3 is 0.973 bits per heavy atom. The Hall–Kier alpha value is -1.66. The van der Waals surface area contributed by atoms with Crippen molar-refractivity contribution in [1.29, 1.82) is 0 Å². The van der Waals surface area contributed by atoms with Gasteiger partial charge < -0.3 is 20.3 Å². The molecule has 0 fully saturated rings. The largest absolute Gasteiger partial charge is 0.466 e. The van der Waals surface area contributed by atoms with Crippen LogP contribution in [0.5, 0.6) is 0 Å². The molecule has 0 aromatic rings. The predicted molar refractivity (Wildman–Crippen MR) is 320 cm³/mol. The van der Waals surface area contributed by atoms with Crippen LogP contribution in [0.3, 0.4) is 0 Å². The molecule has 0 saturated carbocycles. The first-order valence-electron chi connectivity index (χ1n) is 33.1. The SMILES string of the molecule is CCCCCCCCCCCCCCCCCCCCC/C=C/C(O)C(CO)NC(=O)CCCCCCCCC/C=C\CCCCCCCCCCOC(=O)CCCCCCCCCCCCCCCCCC. The molecule has 432 valence electrons. The standard InChI is InChI=1S/C67H129NO5/c1-3-5-7-9-11-13-15-17-19-21-22-23-25-28-31-35-39-43-47-51-55-59-65(70)64(63-69)68-66(71)60-56-52-48-44-40-36-32-29-26-24-27-30-34-38-42-46-50-54-58-62-73-67(72)61-57-53-49-45-41-37-33-20-18-16-14-12-10-8-6-4-2/h24,26,55,59,64-65,69-70H,3-23,25,27-54,56-58,60-63H2,1-2H3,(H,68,71)/b26-24-,59-55+. The lowest BCUT2D eigenvalue weighted by Crippen LogP contribution is -2.45. The molecule has 2 unspecified atom stereocenters. The van der Waals surface area contributed by atoms with Gasteiger partial charge in [0.1, 0.15) is 0 Å². The van der Waals surface area contributed by atoms with Crippen molar-refractivity contribution < 1.29 is 24.5 Å². The van der Waals surface area contributed by atoms with Crippen molar-refractivity contribution in [2.75, 3.05) is 13.2 Å². The van der Waals surface area contributed by atoms with E-state index < -0.39 is 12.1 Å². The molecule has 0 radical (unpaired) electrons. The molecule has 3 N–H and O–H groups in total. The average molecular weight is 1030 g/mol. The van der Waals surface area contributed by atoms with Crippen LogP contribution in [0.1, 0.15) is 367 Å². The van der Waals surface area contributed by atoms with Crippen molar-refractivity contribution in [3.8, 4) is 0 Å². The highest BCUT2D eigenvalue weighted by molar-refractivity contribution is 5.76. The fourth-order valence-electron chi connectivity index (χ4n) is 10.4. The van der Waals surface area contributed by atoms with E-state index >= 15 is 0 Å². The fourth-order valence-corrected chi connectivity index (χ4v) is 10.4. The minimum absolute atomic E-state index is 0.00737. The molecular weight excluding hydrogens is 899 g/mol. The summed E-state index contributed by atoms with van der Waals surface area (Å²) in [5.41, 5.74) is 0.